The molecule has 3 aromatic rings. The van der Waals surface area contributed by atoms with E-state index in [0.29, 0.717) is 10.1 Å². The Hall–Kier alpha value is -1.71. The molecular formula is C11H8N4O2S3. The molecule has 0 unspecified atom stereocenters. The zero-order valence-corrected chi connectivity index (χ0v) is 12.4. The third kappa shape index (κ3) is 3.06. The Labute approximate surface area is 125 Å². The first-order valence-corrected chi connectivity index (χ1v) is 8.13. The van der Waals surface area contributed by atoms with Crippen molar-refractivity contribution < 1.29 is 9.90 Å². The van der Waals surface area contributed by atoms with Gasteiger partial charge in [0.25, 0.3) is 0 Å². The summed E-state index contributed by atoms with van der Waals surface area (Å²) in [7, 11) is 0. The van der Waals surface area contributed by atoms with Crippen LogP contribution in [0, 0.1) is 0 Å². The number of amides is 1. The van der Waals surface area contributed by atoms with Crippen molar-refractivity contribution in [3.8, 4) is 0 Å². The van der Waals surface area contributed by atoms with Crippen LogP contribution >= 0.6 is 34.4 Å². The van der Waals surface area contributed by atoms with E-state index >= 15 is 0 Å². The van der Waals surface area contributed by atoms with E-state index in [0.717, 1.165) is 15.2 Å². The minimum atomic E-state index is -1.14. The summed E-state index contributed by atoms with van der Waals surface area (Å²) < 4.78 is 1.88. The van der Waals surface area contributed by atoms with Crippen LogP contribution in [0.25, 0.3) is 10.2 Å². The molecule has 2 N–H and O–H groups in total. The first kappa shape index (κ1) is 13.3. The Kier molecular flexibility index (Phi) is 3.81. The predicted molar refractivity (Wildman–Crippen MR) is 80.7 cm³/mol. The van der Waals surface area contributed by atoms with Crippen molar-refractivity contribution in [1.29, 1.82) is 0 Å². The van der Waals surface area contributed by atoms with Crippen molar-refractivity contribution in [2.75, 3.05) is 5.32 Å². The number of thioether (sulfide) groups is 1. The quantitative estimate of drug-likeness (QED) is 0.564. The number of thiazole rings is 1. The standard InChI is InChI=1S/C11H8N4O2S3/c16-10(17)13-9-14-15-11(20-9)18-5-8-12-6-3-1-2-4-7(6)19-8/h1-4H,5H2,(H,13,14)(H,16,17). The van der Waals surface area contributed by atoms with Gasteiger partial charge in [0.05, 0.1) is 16.0 Å². The van der Waals surface area contributed by atoms with Gasteiger partial charge in [0.15, 0.2) is 4.34 Å². The highest BCUT2D eigenvalue weighted by molar-refractivity contribution is 8.00. The van der Waals surface area contributed by atoms with Crippen molar-refractivity contribution >= 4 is 55.9 Å². The number of carbonyl (C=O) groups is 1. The number of rotatable bonds is 4. The van der Waals surface area contributed by atoms with E-state index in [-0.39, 0.29) is 5.13 Å². The highest BCUT2D eigenvalue weighted by Gasteiger charge is 2.09. The monoisotopic (exact) mass is 324 g/mol. The molecule has 0 aliphatic rings. The third-order valence-corrected chi connectivity index (χ3v) is 5.48. The second-order valence-electron chi connectivity index (χ2n) is 3.67. The van der Waals surface area contributed by atoms with Crippen molar-refractivity contribution in [2.24, 2.45) is 0 Å². The normalized spacial score (nSPS) is 10.8. The van der Waals surface area contributed by atoms with Gasteiger partial charge < -0.3 is 5.11 Å². The van der Waals surface area contributed by atoms with E-state index in [4.69, 9.17) is 5.11 Å². The SMILES string of the molecule is O=C(O)Nc1nnc(SCc2nc3ccccc3s2)s1. The van der Waals surface area contributed by atoms with E-state index < -0.39 is 6.09 Å². The minimum absolute atomic E-state index is 0.282. The van der Waals surface area contributed by atoms with Crippen molar-refractivity contribution in [2.45, 2.75) is 10.1 Å². The van der Waals surface area contributed by atoms with Gasteiger partial charge in [0, 0.05) is 0 Å². The predicted octanol–water partition coefficient (Wildman–Crippen LogP) is 3.53. The van der Waals surface area contributed by atoms with Crippen molar-refractivity contribution in [3.05, 3.63) is 29.3 Å². The Morgan fingerprint density at radius 3 is 2.95 bits per heavy atom. The number of anilines is 1. The smallest absolute Gasteiger partial charge is 0.411 e. The molecule has 9 heteroatoms. The molecule has 0 saturated carbocycles. The molecule has 0 spiro atoms. The van der Waals surface area contributed by atoms with Gasteiger partial charge in [-0.15, -0.1) is 21.5 Å². The van der Waals surface area contributed by atoms with Gasteiger partial charge in [-0.25, -0.2) is 9.78 Å². The molecule has 6 nitrogen and oxygen atoms in total. The molecule has 0 fully saturated rings. The van der Waals surface area contributed by atoms with Crippen LogP contribution in [0.2, 0.25) is 0 Å². The van der Waals surface area contributed by atoms with E-state index in [2.05, 4.69) is 20.5 Å². The fraction of sp³-hybridized carbons (Fsp3) is 0.0909. The van der Waals surface area contributed by atoms with Crippen LogP contribution in [0.4, 0.5) is 9.93 Å². The first-order valence-electron chi connectivity index (χ1n) is 5.51. The molecule has 0 aliphatic heterocycles. The van der Waals surface area contributed by atoms with E-state index in [9.17, 15) is 4.79 Å². The first-order chi connectivity index (χ1) is 9.70. The third-order valence-electron chi connectivity index (χ3n) is 2.28. The van der Waals surface area contributed by atoms with Crippen LogP contribution in [0.3, 0.4) is 0 Å². The van der Waals surface area contributed by atoms with Gasteiger partial charge in [-0.05, 0) is 12.1 Å². The number of hydrogen-bond donors (Lipinski definition) is 2. The Morgan fingerprint density at radius 2 is 2.15 bits per heavy atom. The van der Waals surface area contributed by atoms with Crippen LogP contribution in [0.1, 0.15) is 5.01 Å². The molecule has 1 amide bonds. The number of hydrogen-bond acceptors (Lipinski definition) is 7. The molecule has 1 aromatic carbocycles. The van der Waals surface area contributed by atoms with Crippen molar-refractivity contribution in [1.82, 2.24) is 15.2 Å². The lowest BCUT2D eigenvalue weighted by Gasteiger charge is -1.91. The zero-order chi connectivity index (χ0) is 13.9. The molecule has 0 aliphatic carbocycles. The van der Waals surface area contributed by atoms with Gasteiger partial charge in [-0.1, -0.05) is 35.2 Å². The Morgan fingerprint density at radius 1 is 1.30 bits per heavy atom. The highest BCUT2D eigenvalue weighted by atomic mass is 32.2. The summed E-state index contributed by atoms with van der Waals surface area (Å²) in [5, 5.41) is 19.7. The fourth-order valence-corrected chi connectivity index (χ4v) is 4.22. The molecule has 2 aromatic heterocycles. The summed E-state index contributed by atoms with van der Waals surface area (Å²) in [6.45, 7) is 0. The Balaban J connectivity index is 1.66. The second-order valence-corrected chi connectivity index (χ2v) is 6.98. The van der Waals surface area contributed by atoms with Crippen molar-refractivity contribution in [3.63, 3.8) is 0 Å². The van der Waals surface area contributed by atoms with Crippen LogP contribution in [0.5, 0.6) is 0 Å². The van der Waals surface area contributed by atoms with Gasteiger partial charge in [-0.2, -0.15) is 0 Å². The topological polar surface area (TPSA) is 88.0 Å². The summed E-state index contributed by atoms with van der Waals surface area (Å²) >= 11 is 4.36. The fourth-order valence-electron chi connectivity index (χ4n) is 1.52. The number of carboxylic acid groups (broad SMARTS) is 1. The highest BCUT2D eigenvalue weighted by Crippen LogP contribution is 2.31. The molecule has 2 heterocycles. The van der Waals surface area contributed by atoms with Crippen LogP contribution in [-0.2, 0) is 5.75 Å². The molecule has 0 radical (unpaired) electrons. The molecule has 0 atom stereocenters. The van der Waals surface area contributed by atoms with Gasteiger partial charge in [0.2, 0.25) is 5.13 Å². The maximum atomic E-state index is 10.5. The largest absolute Gasteiger partial charge is 0.465 e. The summed E-state index contributed by atoms with van der Waals surface area (Å²) in [6.07, 6.45) is -1.14. The number of benzene rings is 1. The number of nitrogens with zero attached hydrogens (tertiary/aromatic N) is 3. The van der Waals surface area contributed by atoms with Crippen LogP contribution in [0.15, 0.2) is 28.6 Å². The van der Waals surface area contributed by atoms with E-state index in [1.807, 2.05) is 24.3 Å². The Bertz CT molecular complexity index is 722. The van der Waals surface area contributed by atoms with Crippen LogP contribution < -0.4 is 5.32 Å². The summed E-state index contributed by atoms with van der Waals surface area (Å²) in [6, 6.07) is 7.99. The minimum Gasteiger partial charge on any atom is -0.465 e. The zero-order valence-electron chi connectivity index (χ0n) is 9.94. The maximum absolute atomic E-state index is 10.5. The van der Waals surface area contributed by atoms with Gasteiger partial charge >= 0.3 is 6.09 Å². The maximum Gasteiger partial charge on any atom is 0.411 e. The number of aromatic nitrogens is 3. The average Bonchev–Trinajstić information content (AvgIpc) is 3.01. The molecule has 0 bridgehead atoms. The number of nitrogens with one attached hydrogen (secondary N) is 1. The lowest BCUT2D eigenvalue weighted by Crippen LogP contribution is -2.06. The molecule has 20 heavy (non-hydrogen) atoms. The molecule has 0 saturated heterocycles. The van der Waals surface area contributed by atoms with E-state index in [1.54, 1.807) is 11.3 Å². The summed E-state index contributed by atoms with van der Waals surface area (Å²) in [5.74, 6) is 0.695. The molecular weight excluding hydrogens is 316 g/mol. The molecule has 102 valence electrons. The second kappa shape index (κ2) is 5.73. The number of fused-ring (bicyclic) bond motifs is 1. The lowest BCUT2D eigenvalue weighted by molar-refractivity contribution is 0.209. The summed E-state index contributed by atoms with van der Waals surface area (Å²) in [4.78, 5) is 15.0. The van der Waals surface area contributed by atoms with Gasteiger partial charge in [0.1, 0.15) is 5.01 Å². The average molecular weight is 324 g/mol. The van der Waals surface area contributed by atoms with E-state index in [1.165, 1.54) is 23.1 Å². The number of para-hydroxylation sites is 1. The van der Waals surface area contributed by atoms with Crippen LogP contribution in [-0.4, -0.2) is 26.4 Å². The lowest BCUT2D eigenvalue weighted by atomic mass is 10.3. The van der Waals surface area contributed by atoms with Gasteiger partial charge in [-0.3, -0.25) is 5.32 Å². The summed E-state index contributed by atoms with van der Waals surface area (Å²) in [5.41, 5.74) is 0.999. The molecule has 3 rings (SSSR count).